The molecule has 2 aromatic carbocycles. The summed E-state index contributed by atoms with van der Waals surface area (Å²) in [7, 11) is 0. The van der Waals surface area contributed by atoms with Crippen molar-refractivity contribution in [1.82, 2.24) is 0 Å². The van der Waals surface area contributed by atoms with Crippen LogP contribution in [-0.2, 0) is 18.6 Å². The Balaban J connectivity index is 0.00000112. The molecule has 0 bridgehead atoms. The van der Waals surface area contributed by atoms with E-state index in [-0.39, 0.29) is 18.6 Å². The zero-order valence-electron chi connectivity index (χ0n) is 8.91. The summed E-state index contributed by atoms with van der Waals surface area (Å²) < 4.78 is 0. The zero-order valence-corrected chi connectivity index (χ0v) is 10.3. The monoisotopic (exact) mass is 231 g/mol. The molecule has 0 saturated heterocycles. The normalized spacial score (nSPS) is 9.47. The van der Waals surface area contributed by atoms with Gasteiger partial charge in [0.25, 0.3) is 0 Å². The summed E-state index contributed by atoms with van der Waals surface area (Å²) in [5, 5.41) is 0. The number of benzene rings is 2. The summed E-state index contributed by atoms with van der Waals surface area (Å²) in [5.41, 5.74) is 4.72. The topological polar surface area (TPSA) is 0 Å². The molecule has 0 amide bonds. The van der Waals surface area contributed by atoms with E-state index in [1.54, 1.807) is 0 Å². The van der Waals surface area contributed by atoms with Crippen molar-refractivity contribution in [3.63, 3.8) is 0 Å². The van der Waals surface area contributed by atoms with Crippen molar-refractivity contribution in [2.75, 3.05) is 0 Å². The Morgan fingerprint density at radius 1 is 0.867 bits per heavy atom. The maximum atomic E-state index is 3.25. The molecule has 0 atom stereocenters. The minimum absolute atomic E-state index is 0. The van der Waals surface area contributed by atoms with Gasteiger partial charge in [0.2, 0.25) is 0 Å². The minimum atomic E-state index is 0. The quantitative estimate of drug-likeness (QED) is 0.658. The molecular formula is C14H12V. The van der Waals surface area contributed by atoms with E-state index in [4.69, 9.17) is 0 Å². The number of hydrogen-bond donors (Lipinski definition) is 0. The van der Waals surface area contributed by atoms with Gasteiger partial charge in [-0.1, -0.05) is 13.8 Å². The molecule has 2 rings (SSSR count). The fourth-order valence-corrected chi connectivity index (χ4v) is 1.41. The van der Waals surface area contributed by atoms with Crippen LogP contribution in [0.1, 0.15) is 11.1 Å². The minimum Gasteiger partial charge on any atom is -0.226 e. The van der Waals surface area contributed by atoms with Crippen molar-refractivity contribution in [3.8, 4) is 11.1 Å². The fourth-order valence-electron chi connectivity index (χ4n) is 1.41. The van der Waals surface area contributed by atoms with E-state index in [0.717, 1.165) is 11.1 Å². The molecule has 0 aromatic heterocycles. The first-order valence-corrected chi connectivity index (χ1v) is 4.73. The predicted octanol–water partition coefficient (Wildman–Crippen LogP) is 3.57. The molecule has 0 saturated carbocycles. The van der Waals surface area contributed by atoms with Gasteiger partial charge in [-0.2, -0.15) is 42.5 Å². The molecule has 0 spiro atoms. The van der Waals surface area contributed by atoms with E-state index < -0.39 is 0 Å². The maximum Gasteiger partial charge on any atom is 2.00 e. The molecular weight excluding hydrogens is 219 g/mol. The van der Waals surface area contributed by atoms with E-state index in [1.807, 2.05) is 12.1 Å². The van der Waals surface area contributed by atoms with Gasteiger partial charge < -0.3 is 0 Å². The number of aryl methyl sites for hydroxylation is 2. The zero-order chi connectivity index (χ0) is 9.97. The van der Waals surface area contributed by atoms with Gasteiger partial charge >= 0.3 is 18.6 Å². The van der Waals surface area contributed by atoms with Crippen molar-refractivity contribution in [1.29, 1.82) is 0 Å². The summed E-state index contributed by atoms with van der Waals surface area (Å²) >= 11 is 0. The van der Waals surface area contributed by atoms with Gasteiger partial charge in [0.1, 0.15) is 0 Å². The summed E-state index contributed by atoms with van der Waals surface area (Å²) in [5.74, 6) is 0. The van der Waals surface area contributed by atoms with Gasteiger partial charge in [0.15, 0.2) is 0 Å². The third-order valence-corrected chi connectivity index (χ3v) is 2.22. The Kier molecular flexibility index (Phi) is 4.20. The molecule has 0 aliphatic rings. The van der Waals surface area contributed by atoms with Gasteiger partial charge in [-0.15, -0.1) is 17.2 Å². The van der Waals surface area contributed by atoms with Crippen molar-refractivity contribution in [2.24, 2.45) is 0 Å². The van der Waals surface area contributed by atoms with Gasteiger partial charge in [-0.3, -0.25) is 0 Å². The second kappa shape index (κ2) is 5.20. The second-order valence-electron chi connectivity index (χ2n) is 3.56. The predicted molar refractivity (Wildman–Crippen MR) is 59.0 cm³/mol. The van der Waals surface area contributed by atoms with Crippen LogP contribution in [0.25, 0.3) is 11.1 Å². The molecule has 0 heterocycles. The maximum absolute atomic E-state index is 3.25. The molecule has 0 unspecified atom stereocenters. The van der Waals surface area contributed by atoms with Crippen LogP contribution >= 0.6 is 0 Å². The van der Waals surface area contributed by atoms with Gasteiger partial charge in [0, 0.05) is 0 Å². The first kappa shape index (κ1) is 12.1. The average molecular weight is 231 g/mol. The van der Waals surface area contributed by atoms with Crippen LogP contribution in [0.2, 0.25) is 0 Å². The summed E-state index contributed by atoms with van der Waals surface area (Å²) in [6, 6.07) is 18.8. The smallest absolute Gasteiger partial charge is 0.226 e. The summed E-state index contributed by atoms with van der Waals surface area (Å²) in [6.07, 6.45) is 0. The van der Waals surface area contributed by atoms with Crippen LogP contribution in [0.3, 0.4) is 0 Å². The molecule has 0 nitrogen and oxygen atoms in total. The van der Waals surface area contributed by atoms with E-state index in [0.29, 0.717) is 0 Å². The first-order chi connectivity index (χ1) is 6.75. The summed E-state index contributed by atoms with van der Waals surface area (Å²) in [4.78, 5) is 0. The van der Waals surface area contributed by atoms with E-state index in [2.05, 4.69) is 50.2 Å². The van der Waals surface area contributed by atoms with Crippen LogP contribution in [0.5, 0.6) is 0 Å². The average Bonchev–Trinajstić information content (AvgIpc) is 2.19. The van der Waals surface area contributed by atoms with Crippen molar-refractivity contribution >= 4 is 0 Å². The molecule has 1 heteroatoms. The second-order valence-corrected chi connectivity index (χ2v) is 3.56. The molecule has 1 radical (unpaired) electrons. The van der Waals surface area contributed by atoms with E-state index in [9.17, 15) is 0 Å². The Hall–Kier alpha value is -0.976. The van der Waals surface area contributed by atoms with Crippen molar-refractivity contribution < 1.29 is 18.6 Å². The Bertz CT molecular complexity index is 429. The van der Waals surface area contributed by atoms with Gasteiger partial charge in [-0.05, 0) is 0 Å². The van der Waals surface area contributed by atoms with Crippen molar-refractivity contribution in [3.05, 3.63) is 59.7 Å². The Labute approximate surface area is 103 Å². The number of hydrogen-bond acceptors (Lipinski definition) is 0. The van der Waals surface area contributed by atoms with Crippen molar-refractivity contribution in [2.45, 2.75) is 13.8 Å². The number of rotatable bonds is 1. The molecule has 2 aromatic rings. The van der Waals surface area contributed by atoms with Gasteiger partial charge in [0.05, 0.1) is 0 Å². The fraction of sp³-hybridized carbons (Fsp3) is 0.143. The van der Waals surface area contributed by atoms with Crippen LogP contribution < -0.4 is 0 Å². The van der Waals surface area contributed by atoms with Crippen LogP contribution in [0.15, 0.2) is 36.4 Å². The van der Waals surface area contributed by atoms with Crippen LogP contribution in [0.4, 0.5) is 0 Å². The molecule has 73 valence electrons. The van der Waals surface area contributed by atoms with Crippen LogP contribution in [0, 0.1) is 26.0 Å². The molecule has 0 aliphatic carbocycles. The standard InChI is InChI=1S/C14H12.V/c1-11-6-8-13(9-7-11)14-5-3-4-12(2)10-14;/h3-4,6-8,10H,1-2H3;/q-2;+2. The summed E-state index contributed by atoms with van der Waals surface area (Å²) in [6.45, 7) is 4.16. The largest absolute Gasteiger partial charge is 2.00 e. The van der Waals surface area contributed by atoms with Crippen LogP contribution in [-0.4, -0.2) is 0 Å². The molecule has 15 heavy (non-hydrogen) atoms. The molecule has 0 N–H and O–H groups in total. The first-order valence-electron chi connectivity index (χ1n) is 4.73. The SMILES string of the molecule is Cc1c[c-]c(-c2[c-]ccc(C)c2)cc1.[V+2]. The Morgan fingerprint density at radius 2 is 1.67 bits per heavy atom. The molecule has 0 aliphatic heterocycles. The van der Waals surface area contributed by atoms with E-state index >= 15 is 0 Å². The molecule has 0 fully saturated rings. The van der Waals surface area contributed by atoms with Gasteiger partial charge in [-0.25, -0.2) is 11.1 Å². The third-order valence-electron chi connectivity index (χ3n) is 2.22. The Morgan fingerprint density at radius 3 is 2.27 bits per heavy atom. The third kappa shape index (κ3) is 2.99. The van der Waals surface area contributed by atoms with E-state index in [1.165, 1.54) is 11.1 Å².